The van der Waals surface area contributed by atoms with Gasteiger partial charge in [-0.25, -0.2) is 0 Å². The standard InChI is InChI=1S/C10H9NO5/c1-6(12)16-8-5-3-2-4-7(8)9(13)11-10(14)15/h2-5H,1H3,(H,11,13)(H,14,15)/p-1. The van der Waals surface area contributed by atoms with Gasteiger partial charge in [-0.15, -0.1) is 0 Å². The van der Waals surface area contributed by atoms with E-state index < -0.39 is 18.0 Å². The Labute approximate surface area is 90.8 Å². The normalized spacial score (nSPS) is 9.31. The molecule has 0 heterocycles. The lowest BCUT2D eigenvalue weighted by atomic mass is 10.2. The smallest absolute Gasteiger partial charge is 0.308 e. The van der Waals surface area contributed by atoms with Crippen LogP contribution in [0, 0.1) is 0 Å². The van der Waals surface area contributed by atoms with Crippen molar-refractivity contribution in [2.24, 2.45) is 0 Å². The number of esters is 1. The van der Waals surface area contributed by atoms with E-state index in [0.29, 0.717) is 0 Å². The second-order valence-electron chi connectivity index (χ2n) is 2.83. The average molecular weight is 222 g/mol. The fourth-order valence-electron chi connectivity index (χ4n) is 1.06. The summed E-state index contributed by atoms with van der Waals surface area (Å²) >= 11 is 0. The summed E-state index contributed by atoms with van der Waals surface area (Å²) < 4.78 is 4.73. The number of hydrogen-bond donors (Lipinski definition) is 1. The van der Waals surface area contributed by atoms with Crippen LogP contribution in [0.1, 0.15) is 17.3 Å². The maximum Gasteiger partial charge on any atom is 0.308 e. The third kappa shape index (κ3) is 3.09. The van der Waals surface area contributed by atoms with Gasteiger partial charge in [-0.2, -0.15) is 0 Å². The molecule has 6 nitrogen and oxygen atoms in total. The molecular weight excluding hydrogens is 214 g/mol. The fraction of sp³-hybridized carbons (Fsp3) is 0.100. The monoisotopic (exact) mass is 222 g/mol. The number of nitrogens with one attached hydrogen (secondary N) is 1. The summed E-state index contributed by atoms with van der Waals surface area (Å²) in [4.78, 5) is 32.2. The van der Waals surface area contributed by atoms with E-state index in [1.165, 1.54) is 25.1 Å². The molecule has 1 rings (SSSR count). The third-order valence-corrected chi connectivity index (χ3v) is 1.60. The van der Waals surface area contributed by atoms with Crippen molar-refractivity contribution >= 4 is 18.0 Å². The third-order valence-electron chi connectivity index (χ3n) is 1.60. The molecular formula is C10H8NO5-. The second kappa shape index (κ2) is 4.92. The number of para-hydroxylation sites is 1. The van der Waals surface area contributed by atoms with E-state index in [0.717, 1.165) is 0 Å². The van der Waals surface area contributed by atoms with E-state index in [4.69, 9.17) is 4.74 Å². The highest BCUT2D eigenvalue weighted by Crippen LogP contribution is 2.17. The summed E-state index contributed by atoms with van der Waals surface area (Å²) in [6.07, 6.45) is -1.72. The summed E-state index contributed by atoms with van der Waals surface area (Å²) in [5, 5.41) is 11.7. The van der Waals surface area contributed by atoms with Crippen molar-refractivity contribution in [3.8, 4) is 5.75 Å². The number of hydrogen-bond acceptors (Lipinski definition) is 5. The van der Waals surface area contributed by atoms with Crippen molar-refractivity contribution in [3.63, 3.8) is 0 Å². The van der Waals surface area contributed by atoms with E-state index in [-0.39, 0.29) is 11.3 Å². The van der Waals surface area contributed by atoms with Gasteiger partial charge >= 0.3 is 5.97 Å². The van der Waals surface area contributed by atoms with Crippen molar-refractivity contribution in [1.82, 2.24) is 5.32 Å². The first-order valence-corrected chi connectivity index (χ1v) is 4.30. The lowest BCUT2D eigenvalue weighted by molar-refractivity contribution is -0.249. The minimum atomic E-state index is -1.72. The molecule has 0 bridgehead atoms. The average Bonchev–Trinajstić information content (AvgIpc) is 2.16. The number of benzene rings is 1. The Bertz CT molecular complexity index is 441. The largest absolute Gasteiger partial charge is 0.530 e. The summed E-state index contributed by atoms with van der Waals surface area (Å²) in [5.74, 6) is -1.51. The van der Waals surface area contributed by atoms with E-state index in [1.807, 2.05) is 0 Å². The van der Waals surface area contributed by atoms with Gasteiger partial charge in [0.05, 0.1) is 5.56 Å². The summed E-state index contributed by atoms with van der Waals surface area (Å²) in [6, 6.07) is 5.77. The molecule has 0 fully saturated rings. The molecule has 0 atom stereocenters. The first-order chi connectivity index (χ1) is 7.50. The zero-order valence-corrected chi connectivity index (χ0v) is 8.35. The molecule has 16 heavy (non-hydrogen) atoms. The summed E-state index contributed by atoms with van der Waals surface area (Å²) in [5.41, 5.74) is -0.0538. The molecule has 0 unspecified atom stereocenters. The molecule has 84 valence electrons. The van der Waals surface area contributed by atoms with Crippen LogP contribution in [0.5, 0.6) is 5.75 Å². The molecule has 6 heteroatoms. The maximum atomic E-state index is 11.3. The van der Waals surface area contributed by atoms with Crippen molar-refractivity contribution in [1.29, 1.82) is 0 Å². The van der Waals surface area contributed by atoms with Crippen LogP contribution in [0.2, 0.25) is 0 Å². The molecule has 1 aromatic carbocycles. The molecule has 0 aliphatic heterocycles. The molecule has 0 saturated carbocycles. The fourth-order valence-corrected chi connectivity index (χ4v) is 1.06. The number of amides is 2. The van der Waals surface area contributed by atoms with E-state index in [2.05, 4.69) is 0 Å². The summed E-state index contributed by atoms with van der Waals surface area (Å²) in [6.45, 7) is 1.17. The van der Waals surface area contributed by atoms with Gasteiger partial charge in [0, 0.05) is 6.92 Å². The molecule has 0 aliphatic carbocycles. The van der Waals surface area contributed by atoms with Crippen LogP contribution in [0.15, 0.2) is 24.3 Å². The highest BCUT2D eigenvalue weighted by Gasteiger charge is 2.12. The number of imide groups is 1. The first-order valence-electron chi connectivity index (χ1n) is 4.30. The Balaban J connectivity index is 2.98. The highest BCUT2D eigenvalue weighted by molar-refractivity contribution is 6.04. The van der Waals surface area contributed by atoms with Crippen LogP contribution in [0.25, 0.3) is 0 Å². The lowest BCUT2D eigenvalue weighted by Gasteiger charge is -2.09. The van der Waals surface area contributed by atoms with Gasteiger partial charge in [0.1, 0.15) is 11.8 Å². The number of carbonyl (C=O) groups is 3. The number of carboxylic acid groups (broad SMARTS) is 1. The Morgan fingerprint density at radius 1 is 1.25 bits per heavy atom. The molecule has 0 saturated heterocycles. The van der Waals surface area contributed by atoms with Crippen molar-refractivity contribution in [2.75, 3.05) is 0 Å². The zero-order valence-electron chi connectivity index (χ0n) is 8.35. The molecule has 0 aliphatic rings. The Hall–Kier alpha value is -2.37. The van der Waals surface area contributed by atoms with Crippen LogP contribution < -0.4 is 15.2 Å². The minimum absolute atomic E-state index is 0.00579. The second-order valence-corrected chi connectivity index (χ2v) is 2.83. The number of rotatable bonds is 2. The van der Waals surface area contributed by atoms with Crippen molar-refractivity contribution in [3.05, 3.63) is 29.8 Å². The Morgan fingerprint density at radius 2 is 1.88 bits per heavy atom. The molecule has 2 amide bonds. The van der Waals surface area contributed by atoms with E-state index in [1.54, 1.807) is 11.4 Å². The molecule has 0 radical (unpaired) electrons. The first kappa shape index (κ1) is 11.7. The van der Waals surface area contributed by atoms with Crippen molar-refractivity contribution < 1.29 is 24.2 Å². The van der Waals surface area contributed by atoms with Gasteiger partial charge < -0.3 is 20.0 Å². The highest BCUT2D eigenvalue weighted by atomic mass is 16.5. The van der Waals surface area contributed by atoms with Gasteiger partial charge in [-0.1, -0.05) is 12.1 Å². The van der Waals surface area contributed by atoms with Crippen LogP contribution in [-0.4, -0.2) is 18.0 Å². The van der Waals surface area contributed by atoms with Crippen molar-refractivity contribution in [2.45, 2.75) is 6.92 Å². The van der Waals surface area contributed by atoms with Crippen LogP contribution in [0.4, 0.5) is 4.79 Å². The van der Waals surface area contributed by atoms with Crippen LogP contribution >= 0.6 is 0 Å². The predicted molar refractivity (Wildman–Crippen MR) is 50.6 cm³/mol. The Kier molecular flexibility index (Phi) is 3.60. The van der Waals surface area contributed by atoms with Gasteiger partial charge in [-0.3, -0.25) is 9.59 Å². The molecule has 0 aromatic heterocycles. The Morgan fingerprint density at radius 3 is 2.44 bits per heavy atom. The van der Waals surface area contributed by atoms with E-state index in [9.17, 15) is 19.5 Å². The van der Waals surface area contributed by atoms with Gasteiger partial charge in [0.25, 0.3) is 5.91 Å². The van der Waals surface area contributed by atoms with Crippen LogP contribution in [-0.2, 0) is 4.79 Å². The topological polar surface area (TPSA) is 95.5 Å². The lowest BCUT2D eigenvalue weighted by Crippen LogP contribution is -2.40. The van der Waals surface area contributed by atoms with E-state index >= 15 is 0 Å². The number of carbonyl (C=O) groups excluding carboxylic acids is 3. The molecule has 0 spiro atoms. The van der Waals surface area contributed by atoms with Crippen LogP contribution in [0.3, 0.4) is 0 Å². The zero-order chi connectivity index (χ0) is 12.1. The quantitative estimate of drug-likeness (QED) is 0.546. The van der Waals surface area contributed by atoms with Gasteiger partial charge in [-0.05, 0) is 12.1 Å². The predicted octanol–water partition coefficient (Wildman–Crippen LogP) is -0.315. The minimum Gasteiger partial charge on any atom is -0.530 e. The summed E-state index contributed by atoms with van der Waals surface area (Å²) in [7, 11) is 0. The molecule has 1 N–H and O–H groups in total. The van der Waals surface area contributed by atoms with Gasteiger partial charge in [0.15, 0.2) is 0 Å². The van der Waals surface area contributed by atoms with Gasteiger partial charge in [0.2, 0.25) is 0 Å². The SMILES string of the molecule is CC(=O)Oc1ccccc1C(=O)NC(=O)[O-]. The number of ether oxygens (including phenoxy) is 1. The molecule has 1 aromatic rings. The maximum absolute atomic E-state index is 11.3.